The maximum atomic E-state index is 11.6. The molecule has 1 unspecified atom stereocenters. The number of aliphatic hydroxyl groups excluding tert-OH is 1. The van der Waals surface area contributed by atoms with Gasteiger partial charge in [0.2, 0.25) is 0 Å². The minimum Gasteiger partial charge on any atom is -0.387 e. The molecule has 112 valence electrons. The second kappa shape index (κ2) is 8.44. The van der Waals surface area contributed by atoms with Gasteiger partial charge < -0.3 is 15.7 Å². The van der Waals surface area contributed by atoms with Crippen LogP contribution in [0.4, 0.5) is 4.79 Å². The molecule has 0 fully saturated rings. The first-order valence-corrected chi connectivity index (χ1v) is 7.96. The molecule has 2 aromatic rings. The summed E-state index contributed by atoms with van der Waals surface area (Å²) < 4.78 is 0. The summed E-state index contributed by atoms with van der Waals surface area (Å²) in [5.41, 5.74) is 2.11. The molecule has 0 radical (unpaired) electrons. The zero-order chi connectivity index (χ0) is 14.9. The number of hydrogen-bond donors (Lipinski definition) is 3. The zero-order valence-corrected chi connectivity index (χ0v) is 12.6. The highest BCUT2D eigenvalue weighted by molar-refractivity contribution is 7.07. The molecule has 1 heterocycles. The number of hydrogen-bond acceptors (Lipinski definition) is 3. The van der Waals surface area contributed by atoms with E-state index in [1.54, 1.807) is 0 Å². The number of aryl methyl sites for hydroxylation is 1. The summed E-state index contributed by atoms with van der Waals surface area (Å²) >= 11 is 1.53. The molecule has 0 bridgehead atoms. The van der Waals surface area contributed by atoms with E-state index in [1.807, 2.05) is 35.0 Å². The van der Waals surface area contributed by atoms with Gasteiger partial charge in [-0.2, -0.15) is 11.3 Å². The zero-order valence-electron chi connectivity index (χ0n) is 11.8. The molecule has 0 aliphatic heterocycles. The predicted octanol–water partition coefficient (Wildman–Crippen LogP) is 2.71. The summed E-state index contributed by atoms with van der Waals surface area (Å²) in [6.45, 7) is 0.844. The molecule has 3 N–H and O–H groups in total. The second-order valence-electron chi connectivity index (χ2n) is 4.80. The summed E-state index contributed by atoms with van der Waals surface area (Å²) in [6, 6.07) is 11.8. The molecule has 1 atom stereocenters. The Balaban J connectivity index is 1.57. The van der Waals surface area contributed by atoms with Gasteiger partial charge in [-0.3, -0.25) is 0 Å². The Morgan fingerprint density at radius 3 is 2.71 bits per heavy atom. The molecule has 0 aliphatic rings. The van der Waals surface area contributed by atoms with Gasteiger partial charge in [0.05, 0.1) is 6.10 Å². The number of aliphatic hydroxyl groups is 1. The maximum Gasteiger partial charge on any atom is 0.314 e. The van der Waals surface area contributed by atoms with E-state index in [4.69, 9.17) is 0 Å². The van der Waals surface area contributed by atoms with Crippen molar-refractivity contribution in [3.05, 3.63) is 58.3 Å². The first-order valence-electron chi connectivity index (χ1n) is 7.01. The largest absolute Gasteiger partial charge is 0.387 e. The van der Waals surface area contributed by atoms with Crippen molar-refractivity contribution in [2.24, 2.45) is 0 Å². The van der Waals surface area contributed by atoms with Crippen molar-refractivity contribution >= 4 is 17.4 Å². The third-order valence-corrected chi connectivity index (χ3v) is 3.86. The van der Waals surface area contributed by atoms with Crippen LogP contribution in [0.3, 0.4) is 0 Å². The predicted molar refractivity (Wildman–Crippen MR) is 85.4 cm³/mol. The second-order valence-corrected chi connectivity index (χ2v) is 5.58. The minimum absolute atomic E-state index is 0.223. The quantitative estimate of drug-likeness (QED) is 0.689. The number of carbonyl (C=O) groups excluding carboxylic acids is 1. The topological polar surface area (TPSA) is 61.4 Å². The fourth-order valence-corrected chi connectivity index (χ4v) is 2.68. The lowest BCUT2D eigenvalue weighted by Gasteiger charge is -2.11. The fraction of sp³-hybridized carbons (Fsp3) is 0.312. The van der Waals surface area contributed by atoms with Crippen LogP contribution in [-0.2, 0) is 6.42 Å². The Morgan fingerprint density at radius 2 is 2.00 bits per heavy atom. The Morgan fingerprint density at radius 1 is 1.19 bits per heavy atom. The molecular weight excluding hydrogens is 284 g/mol. The third-order valence-electron chi connectivity index (χ3n) is 3.15. The first kappa shape index (κ1) is 15.5. The summed E-state index contributed by atoms with van der Waals surface area (Å²) in [5, 5.41) is 19.1. The number of nitrogens with one attached hydrogen (secondary N) is 2. The van der Waals surface area contributed by atoms with Gasteiger partial charge in [-0.25, -0.2) is 4.79 Å². The molecule has 4 nitrogen and oxygen atoms in total. The minimum atomic E-state index is -0.647. The van der Waals surface area contributed by atoms with Gasteiger partial charge >= 0.3 is 6.03 Å². The first-order chi connectivity index (χ1) is 10.3. The van der Waals surface area contributed by atoms with E-state index in [2.05, 4.69) is 22.8 Å². The standard InChI is InChI=1S/C16H20N2O2S/c19-15(14-8-10-21-12-14)11-18-16(20)17-9-4-7-13-5-2-1-3-6-13/h1-3,5-6,8,10,12,15,19H,4,7,9,11H2,(H2,17,18,20). The number of thiophene rings is 1. The Hall–Kier alpha value is -1.85. The monoisotopic (exact) mass is 304 g/mol. The van der Waals surface area contributed by atoms with Crippen LogP contribution in [0.15, 0.2) is 47.2 Å². The highest BCUT2D eigenvalue weighted by Gasteiger charge is 2.09. The van der Waals surface area contributed by atoms with Crippen molar-refractivity contribution < 1.29 is 9.90 Å². The van der Waals surface area contributed by atoms with E-state index in [1.165, 1.54) is 16.9 Å². The molecule has 0 saturated carbocycles. The van der Waals surface area contributed by atoms with E-state index < -0.39 is 6.10 Å². The van der Waals surface area contributed by atoms with Crippen LogP contribution in [0, 0.1) is 0 Å². The van der Waals surface area contributed by atoms with Gasteiger partial charge in [-0.15, -0.1) is 0 Å². The summed E-state index contributed by atoms with van der Waals surface area (Å²) in [5.74, 6) is 0. The molecule has 0 spiro atoms. The summed E-state index contributed by atoms with van der Waals surface area (Å²) in [4.78, 5) is 11.6. The normalized spacial score (nSPS) is 11.9. The van der Waals surface area contributed by atoms with E-state index in [9.17, 15) is 9.90 Å². The molecule has 1 aromatic carbocycles. The van der Waals surface area contributed by atoms with Crippen LogP contribution < -0.4 is 10.6 Å². The molecule has 2 amide bonds. The number of carbonyl (C=O) groups is 1. The maximum absolute atomic E-state index is 11.6. The molecule has 21 heavy (non-hydrogen) atoms. The summed E-state index contributed by atoms with van der Waals surface area (Å²) in [7, 11) is 0. The summed E-state index contributed by atoms with van der Waals surface area (Å²) in [6.07, 6.45) is 1.19. The van der Waals surface area contributed by atoms with Crippen molar-refractivity contribution in [2.75, 3.05) is 13.1 Å². The highest BCUT2D eigenvalue weighted by atomic mass is 32.1. The average molecular weight is 304 g/mol. The van der Waals surface area contributed by atoms with E-state index in [-0.39, 0.29) is 12.6 Å². The number of amides is 2. The number of benzene rings is 1. The van der Waals surface area contributed by atoms with Crippen molar-refractivity contribution in [3.8, 4) is 0 Å². The smallest absolute Gasteiger partial charge is 0.314 e. The van der Waals surface area contributed by atoms with Crippen LogP contribution in [-0.4, -0.2) is 24.2 Å². The SMILES string of the molecule is O=C(NCCCc1ccccc1)NCC(O)c1ccsc1. The van der Waals surface area contributed by atoms with Crippen LogP contribution in [0.5, 0.6) is 0 Å². The van der Waals surface area contributed by atoms with Gasteiger partial charge in [-0.1, -0.05) is 30.3 Å². The molecule has 0 saturated heterocycles. The van der Waals surface area contributed by atoms with Crippen molar-refractivity contribution in [2.45, 2.75) is 18.9 Å². The molecule has 1 aromatic heterocycles. The number of rotatable bonds is 7. The lowest BCUT2D eigenvalue weighted by atomic mass is 10.1. The molecule has 5 heteroatoms. The average Bonchev–Trinajstić information content (AvgIpc) is 3.05. The van der Waals surface area contributed by atoms with Crippen LogP contribution in [0.25, 0.3) is 0 Å². The Labute approximate surface area is 128 Å². The van der Waals surface area contributed by atoms with Gasteiger partial charge in [0.1, 0.15) is 0 Å². The highest BCUT2D eigenvalue weighted by Crippen LogP contribution is 2.14. The third kappa shape index (κ3) is 5.57. The van der Waals surface area contributed by atoms with Crippen LogP contribution >= 0.6 is 11.3 Å². The molecule has 0 aliphatic carbocycles. The van der Waals surface area contributed by atoms with Crippen molar-refractivity contribution in [1.82, 2.24) is 10.6 Å². The van der Waals surface area contributed by atoms with E-state index in [0.29, 0.717) is 6.54 Å². The lowest BCUT2D eigenvalue weighted by Crippen LogP contribution is -2.38. The Bertz CT molecular complexity index is 528. The van der Waals surface area contributed by atoms with Crippen molar-refractivity contribution in [3.63, 3.8) is 0 Å². The molecule has 2 rings (SSSR count). The van der Waals surface area contributed by atoms with Crippen LogP contribution in [0.1, 0.15) is 23.7 Å². The van der Waals surface area contributed by atoms with Gasteiger partial charge in [-0.05, 0) is 40.8 Å². The van der Waals surface area contributed by atoms with Crippen LogP contribution in [0.2, 0.25) is 0 Å². The van der Waals surface area contributed by atoms with E-state index >= 15 is 0 Å². The van der Waals surface area contributed by atoms with Gasteiger partial charge in [0, 0.05) is 13.1 Å². The van der Waals surface area contributed by atoms with Crippen molar-refractivity contribution in [1.29, 1.82) is 0 Å². The Kier molecular flexibility index (Phi) is 6.24. The lowest BCUT2D eigenvalue weighted by molar-refractivity contribution is 0.173. The fourth-order valence-electron chi connectivity index (χ4n) is 1.97. The van der Waals surface area contributed by atoms with Gasteiger partial charge in [0.25, 0.3) is 0 Å². The van der Waals surface area contributed by atoms with E-state index in [0.717, 1.165) is 18.4 Å². The van der Waals surface area contributed by atoms with Gasteiger partial charge in [0.15, 0.2) is 0 Å². The number of urea groups is 1. The molecular formula is C16H20N2O2S.